The van der Waals surface area contributed by atoms with Crippen molar-refractivity contribution < 1.29 is 8.78 Å². The molecule has 0 unspecified atom stereocenters. The SMILES string of the molecule is Cc1c(CNc2ccc(N)cc2C(F)F)cnn1C. The van der Waals surface area contributed by atoms with Crippen molar-refractivity contribution in [1.29, 1.82) is 0 Å². The number of benzene rings is 1. The number of anilines is 2. The van der Waals surface area contributed by atoms with Gasteiger partial charge in [0.25, 0.3) is 6.43 Å². The van der Waals surface area contributed by atoms with Crippen LogP contribution in [-0.4, -0.2) is 9.78 Å². The molecule has 0 atom stereocenters. The lowest BCUT2D eigenvalue weighted by Crippen LogP contribution is -2.04. The summed E-state index contributed by atoms with van der Waals surface area (Å²) in [6, 6.07) is 4.47. The number of aryl methyl sites for hydroxylation is 1. The number of nitrogens with zero attached hydrogens (tertiary/aromatic N) is 2. The second kappa shape index (κ2) is 5.26. The molecule has 19 heavy (non-hydrogen) atoms. The Hall–Kier alpha value is -2.11. The third-order valence-electron chi connectivity index (χ3n) is 3.12. The van der Waals surface area contributed by atoms with Crippen LogP contribution in [0.15, 0.2) is 24.4 Å². The highest BCUT2D eigenvalue weighted by molar-refractivity contribution is 5.58. The smallest absolute Gasteiger partial charge is 0.265 e. The average Bonchev–Trinajstić information content (AvgIpc) is 2.68. The molecule has 1 aromatic carbocycles. The quantitative estimate of drug-likeness (QED) is 0.837. The van der Waals surface area contributed by atoms with E-state index in [4.69, 9.17) is 5.73 Å². The molecular weight excluding hydrogens is 250 g/mol. The van der Waals surface area contributed by atoms with Gasteiger partial charge in [-0.2, -0.15) is 5.10 Å². The summed E-state index contributed by atoms with van der Waals surface area (Å²) >= 11 is 0. The van der Waals surface area contributed by atoms with E-state index in [0.29, 0.717) is 17.9 Å². The number of alkyl halides is 2. The molecule has 0 amide bonds. The van der Waals surface area contributed by atoms with Crippen LogP contribution in [0.25, 0.3) is 0 Å². The summed E-state index contributed by atoms with van der Waals surface area (Å²) < 4.78 is 27.6. The summed E-state index contributed by atoms with van der Waals surface area (Å²) in [6.45, 7) is 2.38. The molecule has 0 radical (unpaired) electrons. The molecular formula is C13H16F2N4. The van der Waals surface area contributed by atoms with Gasteiger partial charge in [-0.25, -0.2) is 8.78 Å². The van der Waals surface area contributed by atoms with Gasteiger partial charge >= 0.3 is 0 Å². The van der Waals surface area contributed by atoms with Crippen molar-refractivity contribution in [2.45, 2.75) is 19.9 Å². The molecule has 0 fully saturated rings. The lowest BCUT2D eigenvalue weighted by Gasteiger charge is -2.12. The number of nitrogens with one attached hydrogen (secondary N) is 1. The van der Waals surface area contributed by atoms with Crippen molar-refractivity contribution in [3.8, 4) is 0 Å². The van der Waals surface area contributed by atoms with Crippen LogP contribution in [0.3, 0.4) is 0 Å². The fourth-order valence-electron chi connectivity index (χ4n) is 1.83. The van der Waals surface area contributed by atoms with Crippen LogP contribution in [0.1, 0.15) is 23.2 Å². The van der Waals surface area contributed by atoms with Crippen molar-refractivity contribution in [3.63, 3.8) is 0 Å². The van der Waals surface area contributed by atoms with E-state index < -0.39 is 6.43 Å². The number of aromatic nitrogens is 2. The van der Waals surface area contributed by atoms with E-state index in [0.717, 1.165) is 11.3 Å². The summed E-state index contributed by atoms with van der Waals surface area (Å²) in [4.78, 5) is 0. The monoisotopic (exact) mass is 266 g/mol. The maximum absolute atomic E-state index is 12.9. The fourth-order valence-corrected chi connectivity index (χ4v) is 1.83. The van der Waals surface area contributed by atoms with Crippen molar-refractivity contribution in [1.82, 2.24) is 9.78 Å². The van der Waals surface area contributed by atoms with Gasteiger partial charge in [0.15, 0.2) is 0 Å². The molecule has 0 saturated heterocycles. The first-order valence-corrected chi connectivity index (χ1v) is 5.88. The molecule has 0 aliphatic carbocycles. The van der Waals surface area contributed by atoms with Gasteiger partial charge in [0.1, 0.15) is 0 Å². The maximum atomic E-state index is 12.9. The Morgan fingerprint density at radius 2 is 2.16 bits per heavy atom. The van der Waals surface area contributed by atoms with Gasteiger partial charge in [0, 0.05) is 41.8 Å². The normalized spacial score (nSPS) is 11.0. The second-order valence-corrected chi connectivity index (χ2v) is 4.38. The van der Waals surface area contributed by atoms with Crippen LogP contribution in [-0.2, 0) is 13.6 Å². The number of halogens is 2. The van der Waals surface area contributed by atoms with Gasteiger partial charge < -0.3 is 11.1 Å². The zero-order chi connectivity index (χ0) is 14.0. The molecule has 0 aliphatic rings. The number of rotatable bonds is 4. The highest BCUT2D eigenvalue weighted by Crippen LogP contribution is 2.29. The molecule has 0 aliphatic heterocycles. The predicted octanol–water partition coefficient (Wildman–Crippen LogP) is 2.86. The third kappa shape index (κ3) is 2.83. The zero-order valence-electron chi connectivity index (χ0n) is 10.8. The minimum atomic E-state index is -2.55. The summed E-state index contributed by atoms with van der Waals surface area (Å²) in [5, 5.41) is 7.11. The van der Waals surface area contributed by atoms with Gasteiger partial charge in [-0.1, -0.05) is 0 Å². The number of hydrogen-bond acceptors (Lipinski definition) is 3. The van der Waals surface area contributed by atoms with E-state index in [1.54, 1.807) is 23.0 Å². The van der Waals surface area contributed by atoms with Crippen LogP contribution >= 0.6 is 0 Å². The molecule has 0 spiro atoms. The van der Waals surface area contributed by atoms with Gasteiger partial charge in [-0.15, -0.1) is 0 Å². The van der Waals surface area contributed by atoms with E-state index in [1.165, 1.54) is 6.07 Å². The van der Waals surface area contributed by atoms with Crippen molar-refractivity contribution in [2.24, 2.45) is 7.05 Å². The standard InChI is InChI=1S/C13H16F2N4/c1-8-9(7-18-19(8)2)6-17-12-4-3-10(16)5-11(12)13(14)15/h3-5,7,13,17H,6,16H2,1-2H3. The molecule has 1 aromatic heterocycles. The van der Waals surface area contributed by atoms with Crippen LogP contribution in [0.4, 0.5) is 20.2 Å². The molecule has 3 N–H and O–H groups in total. The Balaban J connectivity index is 2.17. The van der Waals surface area contributed by atoms with Gasteiger partial charge in [-0.05, 0) is 25.1 Å². The molecule has 0 bridgehead atoms. The highest BCUT2D eigenvalue weighted by atomic mass is 19.3. The fraction of sp³-hybridized carbons (Fsp3) is 0.308. The topological polar surface area (TPSA) is 55.9 Å². The highest BCUT2D eigenvalue weighted by Gasteiger charge is 2.13. The van der Waals surface area contributed by atoms with Gasteiger partial charge in [0.2, 0.25) is 0 Å². The molecule has 0 saturated carbocycles. The minimum absolute atomic E-state index is 0.0819. The minimum Gasteiger partial charge on any atom is -0.399 e. The Bertz CT molecular complexity index is 578. The molecule has 1 heterocycles. The maximum Gasteiger partial charge on any atom is 0.265 e. The summed E-state index contributed by atoms with van der Waals surface area (Å²) in [7, 11) is 1.84. The Morgan fingerprint density at radius 3 is 2.74 bits per heavy atom. The first-order chi connectivity index (χ1) is 8.99. The molecule has 2 aromatic rings. The van der Waals surface area contributed by atoms with Crippen LogP contribution < -0.4 is 11.1 Å². The summed E-state index contributed by atoms with van der Waals surface area (Å²) in [5.41, 5.74) is 8.14. The third-order valence-corrected chi connectivity index (χ3v) is 3.12. The molecule has 102 valence electrons. The van der Waals surface area contributed by atoms with Crippen LogP contribution in [0.2, 0.25) is 0 Å². The lowest BCUT2D eigenvalue weighted by atomic mass is 10.1. The van der Waals surface area contributed by atoms with Gasteiger partial charge in [-0.3, -0.25) is 4.68 Å². The Morgan fingerprint density at radius 1 is 1.42 bits per heavy atom. The van der Waals surface area contributed by atoms with Crippen LogP contribution in [0, 0.1) is 6.92 Å². The Labute approximate surface area is 110 Å². The Kier molecular flexibility index (Phi) is 3.69. The average molecular weight is 266 g/mol. The second-order valence-electron chi connectivity index (χ2n) is 4.38. The van der Waals surface area contributed by atoms with Crippen LogP contribution in [0.5, 0.6) is 0 Å². The predicted molar refractivity (Wildman–Crippen MR) is 71.1 cm³/mol. The molecule has 4 nitrogen and oxygen atoms in total. The number of hydrogen-bond donors (Lipinski definition) is 2. The number of nitrogens with two attached hydrogens (primary N) is 1. The zero-order valence-corrected chi connectivity index (χ0v) is 10.8. The summed E-state index contributed by atoms with van der Waals surface area (Å²) in [5.74, 6) is 0. The summed E-state index contributed by atoms with van der Waals surface area (Å²) in [6.07, 6.45) is -0.831. The van der Waals surface area contributed by atoms with Crippen molar-refractivity contribution >= 4 is 11.4 Å². The largest absolute Gasteiger partial charge is 0.399 e. The van der Waals surface area contributed by atoms with Crippen molar-refractivity contribution in [2.75, 3.05) is 11.1 Å². The van der Waals surface area contributed by atoms with E-state index in [9.17, 15) is 8.78 Å². The number of nitrogen functional groups attached to an aromatic ring is 1. The van der Waals surface area contributed by atoms with Crippen molar-refractivity contribution in [3.05, 3.63) is 41.2 Å². The van der Waals surface area contributed by atoms with E-state index in [1.807, 2.05) is 14.0 Å². The lowest BCUT2D eigenvalue weighted by molar-refractivity contribution is 0.152. The first-order valence-electron chi connectivity index (χ1n) is 5.88. The van der Waals surface area contributed by atoms with E-state index in [-0.39, 0.29) is 5.56 Å². The molecule has 6 heteroatoms. The van der Waals surface area contributed by atoms with E-state index in [2.05, 4.69) is 10.4 Å². The first kappa shape index (κ1) is 13.3. The molecule has 2 rings (SSSR count). The van der Waals surface area contributed by atoms with Gasteiger partial charge in [0.05, 0.1) is 6.20 Å². The van der Waals surface area contributed by atoms with E-state index >= 15 is 0 Å².